The highest BCUT2D eigenvalue weighted by Gasteiger charge is 2.29. The van der Waals surface area contributed by atoms with Gasteiger partial charge < -0.3 is 14.6 Å². The molecule has 0 aliphatic carbocycles. The lowest BCUT2D eigenvalue weighted by molar-refractivity contribution is 0.0729. The number of hydrogen-bond acceptors (Lipinski definition) is 7. The van der Waals surface area contributed by atoms with Crippen molar-refractivity contribution >= 4 is 15.7 Å². The van der Waals surface area contributed by atoms with E-state index in [1.54, 1.807) is 0 Å². The van der Waals surface area contributed by atoms with Crippen molar-refractivity contribution in [2.45, 2.75) is 31.2 Å². The second-order valence-electron chi connectivity index (χ2n) is 6.22. The molecule has 0 unspecified atom stereocenters. The molecule has 10 heteroatoms. The molecule has 1 aromatic carbocycles. The number of aromatic nitrogens is 2. The van der Waals surface area contributed by atoms with Crippen molar-refractivity contribution in [1.29, 1.82) is 0 Å². The van der Waals surface area contributed by atoms with Crippen molar-refractivity contribution in [1.82, 2.24) is 14.4 Å². The van der Waals surface area contributed by atoms with Crippen molar-refractivity contribution in [3.05, 3.63) is 35.7 Å². The smallest absolute Gasteiger partial charge is 0.246 e. The molecule has 1 aliphatic heterocycles. The molecule has 2 heterocycles. The van der Waals surface area contributed by atoms with E-state index in [9.17, 15) is 12.8 Å². The molecule has 1 aromatic heterocycles. The maximum absolute atomic E-state index is 14.2. The minimum atomic E-state index is -3.92. The van der Waals surface area contributed by atoms with E-state index in [-0.39, 0.29) is 30.4 Å². The molecule has 0 amide bonds. The molecule has 8 nitrogen and oxygen atoms in total. The van der Waals surface area contributed by atoms with E-state index >= 15 is 0 Å². The van der Waals surface area contributed by atoms with Crippen LogP contribution in [0, 0.1) is 5.82 Å². The average molecular weight is 384 g/mol. The Balaban J connectivity index is 1.76. The van der Waals surface area contributed by atoms with Gasteiger partial charge in [-0.1, -0.05) is 19.0 Å². The van der Waals surface area contributed by atoms with Crippen LogP contribution in [-0.4, -0.2) is 49.2 Å². The summed E-state index contributed by atoms with van der Waals surface area (Å²) in [6.45, 7) is 5.12. The number of sulfonamides is 1. The highest BCUT2D eigenvalue weighted by Crippen LogP contribution is 2.24. The van der Waals surface area contributed by atoms with Crippen LogP contribution in [0.4, 0.5) is 10.1 Å². The van der Waals surface area contributed by atoms with Gasteiger partial charge in [0.05, 0.1) is 19.8 Å². The molecule has 1 fully saturated rings. The summed E-state index contributed by atoms with van der Waals surface area (Å²) in [5.41, 5.74) is 0.447. The normalized spacial score (nSPS) is 16.2. The second kappa shape index (κ2) is 7.68. The predicted molar refractivity (Wildman–Crippen MR) is 91.7 cm³/mol. The minimum absolute atomic E-state index is 0.142. The van der Waals surface area contributed by atoms with E-state index < -0.39 is 15.8 Å². The van der Waals surface area contributed by atoms with Crippen molar-refractivity contribution in [2.75, 3.05) is 31.6 Å². The van der Waals surface area contributed by atoms with Gasteiger partial charge in [0, 0.05) is 24.7 Å². The quantitative estimate of drug-likeness (QED) is 0.813. The van der Waals surface area contributed by atoms with E-state index in [0.717, 1.165) is 6.07 Å². The molecule has 1 aliphatic rings. The highest BCUT2D eigenvalue weighted by atomic mass is 32.2. The van der Waals surface area contributed by atoms with E-state index in [2.05, 4.69) is 15.5 Å². The summed E-state index contributed by atoms with van der Waals surface area (Å²) in [5.74, 6) is 0.317. The first-order valence-electron chi connectivity index (χ1n) is 8.31. The van der Waals surface area contributed by atoms with Crippen molar-refractivity contribution in [3.8, 4) is 0 Å². The Labute approximate surface area is 151 Å². The molecule has 0 atom stereocenters. The molecule has 1 N–H and O–H groups in total. The third-order valence-corrected chi connectivity index (χ3v) is 5.88. The number of nitrogens with zero attached hydrogens (tertiary/aromatic N) is 3. The van der Waals surface area contributed by atoms with E-state index in [4.69, 9.17) is 9.26 Å². The standard InChI is InChI=1S/C16H21FN4O4S/c1-11(2)16-19-15(25-20-16)10-18-12-3-4-13(17)14(9-12)26(22,23)21-5-7-24-8-6-21/h3-4,9,11,18H,5-8,10H2,1-2H3. The topological polar surface area (TPSA) is 97.6 Å². The van der Waals surface area contributed by atoms with Crippen LogP contribution in [0.15, 0.2) is 27.6 Å². The Morgan fingerprint density at radius 2 is 2.04 bits per heavy atom. The van der Waals surface area contributed by atoms with Gasteiger partial charge >= 0.3 is 0 Å². The summed E-state index contributed by atoms with van der Waals surface area (Å²) >= 11 is 0. The van der Waals surface area contributed by atoms with Crippen LogP contribution >= 0.6 is 0 Å². The third-order valence-electron chi connectivity index (χ3n) is 3.96. The van der Waals surface area contributed by atoms with Crippen LogP contribution in [-0.2, 0) is 21.3 Å². The Bertz CT molecular complexity index is 863. The fourth-order valence-electron chi connectivity index (χ4n) is 2.49. The number of nitrogens with one attached hydrogen (secondary N) is 1. The largest absolute Gasteiger partial charge is 0.379 e. The van der Waals surface area contributed by atoms with E-state index in [1.165, 1.54) is 16.4 Å². The zero-order valence-corrected chi connectivity index (χ0v) is 15.4. The van der Waals surface area contributed by atoms with Crippen LogP contribution < -0.4 is 5.32 Å². The van der Waals surface area contributed by atoms with Gasteiger partial charge in [0.1, 0.15) is 10.7 Å². The third kappa shape index (κ3) is 4.02. The molecular formula is C16H21FN4O4S. The first kappa shape index (κ1) is 18.7. The summed E-state index contributed by atoms with van der Waals surface area (Å²) in [4.78, 5) is 3.87. The zero-order valence-electron chi connectivity index (χ0n) is 14.6. The molecule has 0 radical (unpaired) electrons. The Morgan fingerprint density at radius 1 is 1.31 bits per heavy atom. The summed E-state index contributed by atoms with van der Waals surface area (Å²) in [7, 11) is -3.92. The maximum atomic E-state index is 14.2. The van der Waals surface area contributed by atoms with Crippen LogP contribution in [0.25, 0.3) is 0 Å². The minimum Gasteiger partial charge on any atom is -0.379 e. The molecule has 3 rings (SSSR count). The molecular weight excluding hydrogens is 363 g/mol. The number of halogens is 1. The van der Waals surface area contributed by atoms with E-state index in [0.29, 0.717) is 30.6 Å². The van der Waals surface area contributed by atoms with Crippen LogP contribution in [0.1, 0.15) is 31.5 Å². The average Bonchev–Trinajstić information content (AvgIpc) is 3.11. The molecule has 0 saturated carbocycles. The van der Waals surface area contributed by atoms with Crippen LogP contribution in [0.3, 0.4) is 0 Å². The fraction of sp³-hybridized carbons (Fsp3) is 0.500. The van der Waals surface area contributed by atoms with Gasteiger partial charge in [-0.2, -0.15) is 9.29 Å². The number of rotatable bonds is 6. The van der Waals surface area contributed by atoms with Gasteiger partial charge in [0.15, 0.2) is 5.82 Å². The monoisotopic (exact) mass is 384 g/mol. The van der Waals surface area contributed by atoms with Gasteiger partial charge in [0.2, 0.25) is 15.9 Å². The summed E-state index contributed by atoms with van der Waals surface area (Å²) in [6, 6.07) is 3.87. The number of benzene rings is 1. The lowest BCUT2D eigenvalue weighted by atomic mass is 10.2. The lowest BCUT2D eigenvalue weighted by Crippen LogP contribution is -2.40. The van der Waals surface area contributed by atoms with E-state index in [1.807, 2.05) is 13.8 Å². The Kier molecular flexibility index (Phi) is 5.54. The molecule has 26 heavy (non-hydrogen) atoms. The number of morpholine rings is 1. The van der Waals surface area contributed by atoms with Gasteiger partial charge in [-0.3, -0.25) is 0 Å². The Morgan fingerprint density at radius 3 is 2.69 bits per heavy atom. The fourth-order valence-corrected chi connectivity index (χ4v) is 3.99. The van der Waals surface area contributed by atoms with Crippen LogP contribution in [0.5, 0.6) is 0 Å². The van der Waals surface area contributed by atoms with Gasteiger partial charge in [0.25, 0.3) is 0 Å². The SMILES string of the molecule is CC(C)c1noc(CNc2ccc(F)c(S(=O)(=O)N3CCOCC3)c2)n1. The molecule has 142 valence electrons. The van der Waals surface area contributed by atoms with Gasteiger partial charge in [-0.05, 0) is 18.2 Å². The van der Waals surface area contributed by atoms with Gasteiger partial charge in [-0.15, -0.1) is 0 Å². The highest BCUT2D eigenvalue weighted by molar-refractivity contribution is 7.89. The first-order valence-corrected chi connectivity index (χ1v) is 9.75. The van der Waals surface area contributed by atoms with Crippen molar-refractivity contribution in [2.24, 2.45) is 0 Å². The summed E-state index contributed by atoms with van der Waals surface area (Å²) < 4.78 is 51.0. The molecule has 1 saturated heterocycles. The molecule has 0 bridgehead atoms. The number of ether oxygens (including phenoxy) is 1. The molecule has 0 spiro atoms. The zero-order chi connectivity index (χ0) is 18.7. The Hall–Kier alpha value is -2.04. The second-order valence-corrected chi connectivity index (χ2v) is 8.12. The van der Waals surface area contributed by atoms with Crippen LogP contribution in [0.2, 0.25) is 0 Å². The maximum Gasteiger partial charge on any atom is 0.246 e. The summed E-state index contributed by atoms with van der Waals surface area (Å²) in [6.07, 6.45) is 0. The first-order chi connectivity index (χ1) is 12.4. The van der Waals surface area contributed by atoms with Crippen molar-refractivity contribution in [3.63, 3.8) is 0 Å². The lowest BCUT2D eigenvalue weighted by Gasteiger charge is -2.26. The number of anilines is 1. The number of hydrogen-bond donors (Lipinski definition) is 1. The molecule has 2 aromatic rings. The predicted octanol–water partition coefficient (Wildman–Crippen LogP) is 1.97. The van der Waals surface area contributed by atoms with Gasteiger partial charge in [-0.25, -0.2) is 12.8 Å². The van der Waals surface area contributed by atoms with Crippen molar-refractivity contribution < 1.29 is 22.1 Å². The summed E-state index contributed by atoms with van der Waals surface area (Å²) in [5, 5.41) is 6.84.